The highest BCUT2D eigenvalue weighted by molar-refractivity contribution is 5.38. The first-order chi connectivity index (χ1) is 8.46. The van der Waals surface area contributed by atoms with Crippen LogP contribution in [0, 0.1) is 32.1 Å². The van der Waals surface area contributed by atoms with Gasteiger partial charge in [-0.2, -0.15) is 0 Å². The first kappa shape index (κ1) is 13.6. The van der Waals surface area contributed by atoms with E-state index in [9.17, 15) is 0 Å². The lowest BCUT2D eigenvalue weighted by molar-refractivity contribution is 0.294. The summed E-state index contributed by atoms with van der Waals surface area (Å²) in [4.78, 5) is 0. The maximum atomic E-state index is 6.11. The van der Waals surface area contributed by atoms with E-state index in [4.69, 9.17) is 5.73 Å². The smallest absolute Gasteiger partial charge is 0.00172 e. The number of aryl methyl sites for hydroxylation is 3. The molecule has 0 bridgehead atoms. The van der Waals surface area contributed by atoms with Gasteiger partial charge in [-0.1, -0.05) is 31.0 Å². The minimum Gasteiger partial charge on any atom is -0.330 e. The third-order valence-corrected chi connectivity index (χ3v) is 4.77. The highest BCUT2D eigenvalue weighted by Crippen LogP contribution is 2.44. The minimum absolute atomic E-state index is 0.365. The summed E-state index contributed by atoms with van der Waals surface area (Å²) in [6, 6.07) is 4.62. The van der Waals surface area contributed by atoms with Crippen molar-refractivity contribution >= 4 is 0 Å². The molecule has 0 spiro atoms. The molecule has 1 aliphatic carbocycles. The quantitative estimate of drug-likeness (QED) is 0.858. The van der Waals surface area contributed by atoms with E-state index in [2.05, 4.69) is 39.8 Å². The van der Waals surface area contributed by atoms with Gasteiger partial charge in [-0.25, -0.2) is 0 Å². The second kappa shape index (κ2) is 5.05. The fraction of sp³-hybridized carbons (Fsp3) is 0.647. The van der Waals surface area contributed by atoms with Crippen molar-refractivity contribution < 1.29 is 0 Å². The molecule has 0 radical (unpaired) electrons. The van der Waals surface area contributed by atoms with Gasteiger partial charge in [-0.3, -0.25) is 0 Å². The Bertz CT molecular complexity index is 412. The fourth-order valence-electron chi connectivity index (χ4n) is 3.78. The lowest BCUT2D eigenvalue weighted by atomic mass is 9.77. The van der Waals surface area contributed by atoms with Crippen molar-refractivity contribution in [3.63, 3.8) is 0 Å². The molecule has 1 aromatic carbocycles. The predicted molar refractivity (Wildman–Crippen MR) is 78.9 cm³/mol. The van der Waals surface area contributed by atoms with Gasteiger partial charge in [0.15, 0.2) is 0 Å². The van der Waals surface area contributed by atoms with E-state index in [0.29, 0.717) is 5.41 Å². The molecular weight excluding hydrogens is 218 g/mol. The van der Waals surface area contributed by atoms with Gasteiger partial charge in [0.1, 0.15) is 0 Å². The minimum atomic E-state index is 0.365. The zero-order chi connectivity index (χ0) is 13.3. The van der Waals surface area contributed by atoms with Crippen LogP contribution in [-0.4, -0.2) is 6.54 Å². The highest BCUT2D eigenvalue weighted by Gasteiger charge is 2.36. The van der Waals surface area contributed by atoms with Crippen molar-refractivity contribution in [1.29, 1.82) is 0 Å². The number of rotatable bonds is 3. The fourth-order valence-corrected chi connectivity index (χ4v) is 3.78. The van der Waals surface area contributed by atoms with Crippen molar-refractivity contribution in [2.75, 3.05) is 6.54 Å². The van der Waals surface area contributed by atoms with Crippen molar-refractivity contribution in [3.05, 3.63) is 34.4 Å². The molecule has 1 fully saturated rings. The van der Waals surface area contributed by atoms with E-state index in [1.54, 1.807) is 5.56 Å². The molecule has 2 unspecified atom stereocenters. The van der Waals surface area contributed by atoms with Crippen LogP contribution in [-0.2, 0) is 6.42 Å². The van der Waals surface area contributed by atoms with Crippen molar-refractivity contribution in [2.45, 2.75) is 53.4 Å². The molecule has 1 aliphatic rings. The predicted octanol–water partition coefficient (Wildman–Crippen LogP) is 3.92. The first-order valence-electron chi connectivity index (χ1n) is 7.22. The highest BCUT2D eigenvalue weighted by atomic mass is 14.6. The Balaban J connectivity index is 2.28. The summed E-state index contributed by atoms with van der Waals surface area (Å²) in [5.41, 5.74) is 12.3. The summed E-state index contributed by atoms with van der Waals surface area (Å²) in [6.07, 6.45) is 5.13. The molecule has 2 atom stereocenters. The van der Waals surface area contributed by atoms with Crippen LogP contribution in [0.5, 0.6) is 0 Å². The average molecular weight is 245 g/mol. The van der Waals surface area contributed by atoms with Gasteiger partial charge < -0.3 is 5.73 Å². The van der Waals surface area contributed by atoms with Crippen LogP contribution in [0.3, 0.4) is 0 Å². The Labute approximate surface area is 112 Å². The van der Waals surface area contributed by atoms with E-state index in [0.717, 1.165) is 12.5 Å². The van der Waals surface area contributed by atoms with E-state index >= 15 is 0 Å². The normalized spacial score (nSPS) is 27.7. The maximum absolute atomic E-state index is 6.11. The zero-order valence-corrected chi connectivity index (χ0v) is 12.3. The SMILES string of the molecule is Cc1cc(C)c(CC2(CN)CCC(C)C2)c(C)c1. The standard InChI is InChI=1S/C17H27N/c1-12-5-6-17(9-12,11-18)10-16-14(3)7-13(2)8-15(16)4/h7-8,12H,5-6,9-11,18H2,1-4H3. The molecule has 1 saturated carbocycles. The van der Waals surface area contributed by atoms with Crippen LogP contribution in [0.2, 0.25) is 0 Å². The Morgan fingerprint density at radius 2 is 1.83 bits per heavy atom. The first-order valence-corrected chi connectivity index (χ1v) is 7.22. The molecule has 0 aromatic heterocycles. The molecule has 1 nitrogen and oxygen atoms in total. The Morgan fingerprint density at radius 3 is 2.28 bits per heavy atom. The van der Waals surface area contributed by atoms with Gasteiger partial charge in [0, 0.05) is 0 Å². The van der Waals surface area contributed by atoms with Gasteiger partial charge >= 0.3 is 0 Å². The molecule has 2 N–H and O–H groups in total. The van der Waals surface area contributed by atoms with Gasteiger partial charge in [0.25, 0.3) is 0 Å². The second-order valence-electron chi connectivity index (χ2n) is 6.61. The van der Waals surface area contributed by atoms with Crippen molar-refractivity contribution in [2.24, 2.45) is 17.1 Å². The van der Waals surface area contributed by atoms with Crippen LogP contribution in [0.15, 0.2) is 12.1 Å². The number of hydrogen-bond donors (Lipinski definition) is 1. The summed E-state index contributed by atoms with van der Waals surface area (Å²) in [6.45, 7) is 9.88. The van der Waals surface area contributed by atoms with Crippen LogP contribution in [0.25, 0.3) is 0 Å². The van der Waals surface area contributed by atoms with E-state index < -0.39 is 0 Å². The number of hydrogen-bond acceptors (Lipinski definition) is 1. The molecule has 100 valence electrons. The number of benzene rings is 1. The molecule has 0 heterocycles. The Kier molecular flexibility index (Phi) is 3.82. The molecule has 2 rings (SSSR count). The third kappa shape index (κ3) is 2.61. The average Bonchev–Trinajstić information content (AvgIpc) is 2.66. The van der Waals surface area contributed by atoms with Crippen molar-refractivity contribution in [1.82, 2.24) is 0 Å². The van der Waals surface area contributed by atoms with E-state index in [1.165, 1.54) is 42.4 Å². The Morgan fingerprint density at radius 1 is 1.22 bits per heavy atom. The topological polar surface area (TPSA) is 26.0 Å². The molecule has 0 amide bonds. The van der Waals surface area contributed by atoms with Gasteiger partial charge in [-0.15, -0.1) is 0 Å². The van der Waals surface area contributed by atoms with Crippen LogP contribution >= 0.6 is 0 Å². The molecular formula is C17H27N. The zero-order valence-electron chi connectivity index (χ0n) is 12.3. The number of nitrogens with two attached hydrogens (primary N) is 1. The molecule has 1 heteroatoms. The van der Waals surface area contributed by atoms with Crippen molar-refractivity contribution in [3.8, 4) is 0 Å². The third-order valence-electron chi connectivity index (χ3n) is 4.77. The molecule has 0 aliphatic heterocycles. The van der Waals surface area contributed by atoms with Gasteiger partial charge in [0.2, 0.25) is 0 Å². The van der Waals surface area contributed by atoms with Gasteiger partial charge in [-0.05, 0) is 74.6 Å². The summed E-state index contributed by atoms with van der Waals surface area (Å²) in [7, 11) is 0. The van der Waals surface area contributed by atoms with Gasteiger partial charge in [0.05, 0.1) is 0 Å². The summed E-state index contributed by atoms with van der Waals surface area (Å²) in [5.74, 6) is 0.847. The maximum Gasteiger partial charge on any atom is -0.00172 e. The Hall–Kier alpha value is -0.820. The van der Waals surface area contributed by atoms with E-state index in [-0.39, 0.29) is 0 Å². The van der Waals surface area contributed by atoms with E-state index in [1.807, 2.05) is 0 Å². The lowest BCUT2D eigenvalue weighted by Gasteiger charge is -2.29. The van der Waals surface area contributed by atoms with Crippen LogP contribution < -0.4 is 5.73 Å². The molecule has 18 heavy (non-hydrogen) atoms. The van der Waals surface area contributed by atoms with Crippen LogP contribution in [0.1, 0.15) is 48.4 Å². The summed E-state index contributed by atoms with van der Waals surface area (Å²) in [5, 5.41) is 0. The molecule has 1 aromatic rings. The summed E-state index contributed by atoms with van der Waals surface area (Å²) >= 11 is 0. The largest absolute Gasteiger partial charge is 0.330 e. The second-order valence-corrected chi connectivity index (χ2v) is 6.61. The van der Waals surface area contributed by atoms with Crippen LogP contribution in [0.4, 0.5) is 0 Å². The lowest BCUT2D eigenvalue weighted by Crippen LogP contribution is -2.30. The molecule has 0 saturated heterocycles. The monoisotopic (exact) mass is 245 g/mol. The summed E-state index contributed by atoms with van der Waals surface area (Å²) < 4.78 is 0.